The fraction of sp³-hybridized carbons (Fsp3) is 0.800. The normalized spacial score (nSPS) is 40.0. The molecular formula is C10H17N3O. The van der Waals surface area contributed by atoms with E-state index < -0.39 is 0 Å². The molecule has 1 amide bonds. The summed E-state index contributed by atoms with van der Waals surface area (Å²) in [4.78, 5) is 15.9. The minimum absolute atomic E-state index is 0.102. The van der Waals surface area contributed by atoms with E-state index in [0.29, 0.717) is 11.9 Å². The summed E-state index contributed by atoms with van der Waals surface area (Å²) in [6, 6.07) is 0. The Balaban J connectivity index is 2.26. The van der Waals surface area contributed by atoms with Gasteiger partial charge in [0.15, 0.2) is 5.96 Å². The fourth-order valence-electron chi connectivity index (χ4n) is 2.50. The van der Waals surface area contributed by atoms with E-state index in [2.05, 4.69) is 22.5 Å². The van der Waals surface area contributed by atoms with Crippen LogP contribution in [0, 0.1) is 5.92 Å². The van der Waals surface area contributed by atoms with Crippen LogP contribution in [0.2, 0.25) is 0 Å². The van der Waals surface area contributed by atoms with Gasteiger partial charge in [0, 0.05) is 7.05 Å². The van der Waals surface area contributed by atoms with E-state index >= 15 is 0 Å². The average molecular weight is 195 g/mol. The molecule has 0 aromatic heterocycles. The average Bonchev–Trinajstić information content (AvgIpc) is 2.50. The lowest BCUT2D eigenvalue weighted by Crippen LogP contribution is -2.53. The Kier molecular flexibility index (Phi) is 2.21. The Morgan fingerprint density at radius 2 is 2.29 bits per heavy atom. The highest BCUT2D eigenvalue weighted by atomic mass is 16.2. The number of guanidine groups is 1. The second kappa shape index (κ2) is 3.26. The third kappa shape index (κ3) is 1.21. The van der Waals surface area contributed by atoms with Crippen molar-refractivity contribution in [1.29, 1.82) is 0 Å². The van der Waals surface area contributed by atoms with E-state index in [-0.39, 0.29) is 11.4 Å². The Hall–Kier alpha value is -1.06. The van der Waals surface area contributed by atoms with Crippen molar-refractivity contribution in [1.82, 2.24) is 10.6 Å². The van der Waals surface area contributed by atoms with Crippen molar-refractivity contribution >= 4 is 11.9 Å². The highest BCUT2D eigenvalue weighted by Gasteiger charge is 2.49. The molecule has 1 aliphatic heterocycles. The first-order valence-corrected chi connectivity index (χ1v) is 5.25. The third-order valence-corrected chi connectivity index (χ3v) is 3.50. The minimum atomic E-state index is -0.368. The maximum Gasteiger partial charge on any atom is 0.252 e. The molecule has 78 valence electrons. The van der Waals surface area contributed by atoms with Crippen molar-refractivity contribution in [3.05, 3.63) is 0 Å². The molecule has 2 unspecified atom stereocenters. The van der Waals surface area contributed by atoms with Gasteiger partial charge in [-0.05, 0) is 18.8 Å². The topological polar surface area (TPSA) is 53.5 Å². The first kappa shape index (κ1) is 9.49. The standard InChI is InChI=1S/C10H17N3O/c1-7-5-3-4-6-10(7)8(14)12-9(11-2)13-10/h7H,3-6H2,1-2H3,(H2,11,12,13,14). The summed E-state index contributed by atoms with van der Waals surface area (Å²) in [6.07, 6.45) is 4.41. The molecule has 4 heteroatoms. The first-order chi connectivity index (χ1) is 6.69. The Morgan fingerprint density at radius 1 is 1.50 bits per heavy atom. The Bertz CT molecular complexity index is 287. The van der Waals surface area contributed by atoms with Gasteiger partial charge in [0.2, 0.25) is 0 Å². The van der Waals surface area contributed by atoms with Crippen molar-refractivity contribution in [3.63, 3.8) is 0 Å². The number of nitrogens with zero attached hydrogens (tertiary/aromatic N) is 1. The van der Waals surface area contributed by atoms with Crippen molar-refractivity contribution < 1.29 is 4.79 Å². The number of hydrogen-bond acceptors (Lipinski definition) is 2. The molecule has 14 heavy (non-hydrogen) atoms. The number of nitrogens with one attached hydrogen (secondary N) is 2. The third-order valence-electron chi connectivity index (χ3n) is 3.50. The van der Waals surface area contributed by atoms with Crippen LogP contribution in [-0.2, 0) is 4.79 Å². The molecule has 1 saturated heterocycles. The summed E-state index contributed by atoms with van der Waals surface area (Å²) in [5.74, 6) is 1.13. The van der Waals surface area contributed by atoms with Gasteiger partial charge >= 0.3 is 0 Å². The van der Waals surface area contributed by atoms with Crippen LogP contribution in [0.3, 0.4) is 0 Å². The van der Waals surface area contributed by atoms with Crippen LogP contribution in [0.25, 0.3) is 0 Å². The molecular weight excluding hydrogens is 178 g/mol. The number of rotatable bonds is 0. The predicted octanol–water partition coefficient (Wildman–Crippen LogP) is 0.640. The van der Waals surface area contributed by atoms with Crippen molar-refractivity contribution in [2.45, 2.75) is 38.1 Å². The molecule has 2 atom stereocenters. The minimum Gasteiger partial charge on any atom is -0.341 e. The molecule has 2 aliphatic rings. The molecule has 4 nitrogen and oxygen atoms in total. The summed E-state index contributed by atoms with van der Waals surface area (Å²) in [6.45, 7) is 2.14. The molecule has 2 fully saturated rings. The van der Waals surface area contributed by atoms with Crippen LogP contribution in [0.15, 0.2) is 4.99 Å². The van der Waals surface area contributed by atoms with Crippen molar-refractivity contribution in [2.75, 3.05) is 7.05 Å². The summed E-state index contributed by atoms with van der Waals surface area (Å²) in [7, 11) is 1.69. The van der Waals surface area contributed by atoms with Crippen LogP contribution >= 0.6 is 0 Å². The van der Waals surface area contributed by atoms with Gasteiger partial charge < -0.3 is 5.32 Å². The van der Waals surface area contributed by atoms with E-state index in [1.165, 1.54) is 6.42 Å². The zero-order valence-corrected chi connectivity index (χ0v) is 8.76. The number of amides is 1. The van der Waals surface area contributed by atoms with Crippen LogP contribution < -0.4 is 10.6 Å². The lowest BCUT2D eigenvalue weighted by atomic mass is 9.74. The van der Waals surface area contributed by atoms with Gasteiger partial charge in [0.1, 0.15) is 5.54 Å². The van der Waals surface area contributed by atoms with E-state index in [4.69, 9.17) is 0 Å². The van der Waals surface area contributed by atoms with E-state index in [1.54, 1.807) is 7.05 Å². The molecule has 0 aromatic carbocycles. The molecule has 2 rings (SSSR count). The zero-order chi connectivity index (χ0) is 10.2. The van der Waals surface area contributed by atoms with Gasteiger partial charge in [-0.1, -0.05) is 19.8 Å². The Labute approximate surface area is 84.2 Å². The van der Waals surface area contributed by atoms with Crippen LogP contribution in [0.4, 0.5) is 0 Å². The summed E-state index contributed by atoms with van der Waals surface area (Å²) < 4.78 is 0. The fourth-order valence-corrected chi connectivity index (χ4v) is 2.50. The smallest absolute Gasteiger partial charge is 0.252 e. The maximum atomic E-state index is 11.9. The van der Waals surface area contributed by atoms with Gasteiger partial charge in [-0.2, -0.15) is 0 Å². The lowest BCUT2D eigenvalue weighted by molar-refractivity contribution is -0.126. The number of carbonyl (C=O) groups excluding carboxylic acids is 1. The predicted molar refractivity (Wildman–Crippen MR) is 55.0 cm³/mol. The number of hydrogen-bond donors (Lipinski definition) is 2. The SMILES string of the molecule is CN=C1NC(=O)C2(CCCCC2C)N1. The molecule has 0 aromatic rings. The quantitative estimate of drug-likeness (QED) is 0.596. The zero-order valence-electron chi connectivity index (χ0n) is 8.76. The largest absolute Gasteiger partial charge is 0.341 e. The molecule has 1 spiro atoms. The van der Waals surface area contributed by atoms with Crippen LogP contribution in [0.5, 0.6) is 0 Å². The van der Waals surface area contributed by atoms with Gasteiger partial charge in [-0.3, -0.25) is 15.1 Å². The maximum absolute atomic E-state index is 11.9. The van der Waals surface area contributed by atoms with Gasteiger partial charge in [-0.25, -0.2) is 0 Å². The van der Waals surface area contributed by atoms with Gasteiger partial charge in [0.25, 0.3) is 5.91 Å². The monoisotopic (exact) mass is 195 g/mol. The summed E-state index contributed by atoms with van der Waals surface area (Å²) >= 11 is 0. The van der Waals surface area contributed by atoms with E-state index in [0.717, 1.165) is 19.3 Å². The molecule has 0 bridgehead atoms. The second-order valence-electron chi connectivity index (χ2n) is 4.27. The van der Waals surface area contributed by atoms with Crippen LogP contribution in [0.1, 0.15) is 32.6 Å². The highest BCUT2D eigenvalue weighted by molar-refractivity contribution is 6.09. The van der Waals surface area contributed by atoms with Gasteiger partial charge in [-0.15, -0.1) is 0 Å². The second-order valence-corrected chi connectivity index (χ2v) is 4.27. The number of carbonyl (C=O) groups is 1. The van der Waals surface area contributed by atoms with Crippen LogP contribution in [-0.4, -0.2) is 24.5 Å². The number of aliphatic imine (C=N–C) groups is 1. The van der Waals surface area contributed by atoms with Gasteiger partial charge in [0.05, 0.1) is 0 Å². The molecule has 1 saturated carbocycles. The molecule has 2 N–H and O–H groups in total. The Morgan fingerprint density at radius 3 is 2.86 bits per heavy atom. The lowest BCUT2D eigenvalue weighted by Gasteiger charge is -2.36. The molecule has 1 heterocycles. The molecule has 0 radical (unpaired) electrons. The van der Waals surface area contributed by atoms with Crippen molar-refractivity contribution in [2.24, 2.45) is 10.9 Å². The molecule has 1 aliphatic carbocycles. The van der Waals surface area contributed by atoms with Crippen molar-refractivity contribution in [3.8, 4) is 0 Å². The van der Waals surface area contributed by atoms with E-state index in [1.807, 2.05) is 0 Å². The first-order valence-electron chi connectivity index (χ1n) is 5.25. The summed E-state index contributed by atoms with van der Waals surface area (Å²) in [5, 5.41) is 6.04. The summed E-state index contributed by atoms with van der Waals surface area (Å²) in [5.41, 5.74) is -0.368. The highest BCUT2D eigenvalue weighted by Crippen LogP contribution is 2.35. The van der Waals surface area contributed by atoms with E-state index in [9.17, 15) is 4.79 Å².